The van der Waals surface area contributed by atoms with Gasteiger partial charge in [-0.1, -0.05) is 42.5 Å². The average molecular weight is 270 g/mol. The molecule has 1 heterocycles. The van der Waals surface area contributed by atoms with Gasteiger partial charge in [0.25, 0.3) is 0 Å². The first-order valence-electron chi connectivity index (χ1n) is 7.10. The van der Waals surface area contributed by atoms with Crippen molar-refractivity contribution in [2.75, 3.05) is 26.2 Å². The van der Waals surface area contributed by atoms with E-state index in [0.29, 0.717) is 5.56 Å². The van der Waals surface area contributed by atoms with Gasteiger partial charge >= 0.3 is 0 Å². The normalized spacial score (nSPS) is 16.2. The summed E-state index contributed by atoms with van der Waals surface area (Å²) < 4.78 is 13.7. The molecule has 104 valence electrons. The summed E-state index contributed by atoms with van der Waals surface area (Å²) in [6, 6.07) is 15.1. The second kappa shape index (κ2) is 6.16. The Kier molecular flexibility index (Phi) is 4.09. The highest BCUT2D eigenvalue weighted by Crippen LogP contribution is 2.23. The fourth-order valence-corrected chi connectivity index (χ4v) is 2.61. The van der Waals surface area contributed by atoms with Gasteiger partial charge in [0.1, 0.15) is 5.82 Å². The van der Waals surface area contributed by atoms with Crippen LogP contribution in [0.2, 0.25) is 0 Å². The van der Waals surface area contributed by atoms with Gasteiger partial charge in [-0.15, -0.1) is 0 Å². The van der Waals surface area contributed by atoms with E-state index in [1.165, 1.54) is 11.6 Å². The molecule has 0 aliphatic carbocycles. The van der Waals surface area contributed by atoms with Crippen molar-refractivity contribution in [2.45, 2.75) is 6.54 Å². The third-order valence-electron chi connectivity index (χ3n) is 3.75. The Labute approximate surface area is 119 Å². The minimum Gasteiger partial charge on any atom is -0.314 e. The van der Waals surface area contributed by atoms with Crippen LogP contribution in [0.25, 0.3) is 11.1 Å². The van der Waals surface area contributed by atoms with Gasteiger partial charge in [0, 0.05) is 38.3 Å². The number of benzene rings is 2. The predicted molar refractivity (Wildman–Crippen MR) is 80.0 cm³/mol. The van der Waals surface area contributed by atoms with Crippen LogP contribution < -0.4 is 5.32 Å². The number of piperazine rings is 1. The van der Waals surface area contributed by atoms with Gasteiger partial charge in [0.2, 0.25) is 0 Å². The molecule has 1 fully saturated rings. The molecule has 3 rings (SSSR count). The zero-order valence-corrected chi connectivity index (χ0v) is 11.5. The van der Waals surface area contributed by atoms with Crippen molar-refractivity contribution >= 4 is 0 Å². The molecule has 0 saturated carbocycles. The summed E-state index contributed by atoms with van der Waals surface area (Å²) in [5, 5.41) is 3.35. The van der Waals surface area contributed by atoms with Crippen LogP contribution >= 0.6 is 0 Å². The molecule has 0 radical (unpaired) electrons. The highest BCUT2D eigenvalue weighted by Gasteiger charge is 2.10. The molecule has 20 heavy (non-hydrogen) atoms. The molecule has 3 heteroatoms. The van der Waals surface area contributed by atoms with Crippen LogP contribution in [0.4, 0.5) is 4.39 Å². The van der Waals surface area contributed by atoms with Gasteiger partial charge in [-0.05, 0) is 17.2 Å². The first-order valence-corrected chi connectivity index (χ1v) is 7.10. The predicted octanol–water partition coefficient (Wildman–Crippen LogP) is 2.90. The van der Waals surface area contributed by atoms with Crippen LogP contribution in [0.3, 0.4) is 0 Å². The van der Waals surface area contributed by atoms with Crippen LogP contribution in [-0.4, -0.2) is 31.1 Å². The lowest BCUT2D eigenvalue weighted by Gasteiger charge is -2.27. The molecule has 0 spiro atoms. The maximum Gasteiger partial charge on any atom is 0.131 e. The van der Waals surface area contributed by atoms with Crippen molar-refractivity contribution in [2.24, 2.45) is 0 Å². The Hall–Kier alpha value is -1.71. The smallest absolute Gasteiger partial charge is 0.131 e. The quantitative estimate of drug-likeness (QED) is 0.922. The molecular formula is C17H19FN2. The molecule has 2 aromatic rings. The topological polar surface area (TPSA) is 15.3 Å². The number of hydrogen-bond donors (Lipinski definition) is 1. The lowest BCUT2D eigenvalue weighted by atomic mass is 10.0. The van der Waals surface area contributed by atoms with Gasteiger partial charge in [-0.2, -0.15) is 0 Å². The molecule has 2 aromatic carbocycles. The Morgan fingerprint density at radius 2 is 1.65 bits per heavy atom. The zero-order chi connectivity index (χ0) is 13.8. The number of hydrogen-bond acceptors (Lipinski definition) is 2. The molecule has 0 unspecified atom stereocenters. The van der Waals surface area contributed by atoms with Crippen LogP contribution in [-0.2, 0) is 6.54 Å². The molecule has 0 aromatic heterocycles. The highest BCUT2D eigenvalue weighted by atomic mass is 19.1. The van der Waals surface area contributed by atoms with E-state index >= 15 is 0 Å². The maximum atomic E-state index is 13.7. The average Bonchev–Trinajstić information content (AvgIpc) is 2.50. The van der Waals surface area contributed by atoms with E-state index in [-0.39, 0.29) is 5.82 Å². The number of nitrogens with one attached hydrogen (secondary N) is 1. The molecule has 0 atom stereocenters. The van der Waals surface area contributed by atoms with Crippen LogP contribution in [0.15, 0.2) is 48.5 Å². The van der Waals surface area contributed by atoms with Crippen LogP contribution in [0, 0.1) is 5.82 Å². The second-order valence-corrected chi connectivity index (χ2v) is 5.20. The minimum atomic E-state index is -0.164. The standard InChI is InChI=1S/C17H19FN2/c18-17-4-2-1-3-16(17)15-7-5-14(6-8-15)13-20-11-9-19-10-12-20/h1-8,19H,9-13H2. The van der Waals surface area contributed by atoms with Crippen LogP contribution in [0.1, 0.15) is 5.56 Å². The molecular weight excluding hydrogens is 251 g/mol. The van der Waals surface area contributed by atoms with Gasteiger partial charge in [-0.25, -0.2) is 4.39 Å². The van der Waals surface area contributed by atoms with Crippen molar-refractivity contribution in [3.8, 4) is 11.1 Å². The van der Waals surface area contributed by atoms with E-state index < -0.39 is 0 Å². The highest BCUT2D eigenvalue weighted by molar-refractivity contribution is 5.64. The van der Waals surface area contributed by atoms with E-state index in [0.717, 1.165) is 38.3 Å². The zero-order valence-electron chi connectivity index (χ0n) is 11.5. The van der Waals surface area contributed by atoms with Crippen molar-refractivity contribution in [3.63, 3.8) is 0 Å². The summed E-state index contributed by atoms with van der Waals surface area (Å²) in [5.41, 5.74) is 2.89. The summed E-state index contributed by atoms with van der Waals surface area (Å²) in [6.07, 6.45) is 0. The van der Waals surface area contributed by atoms with E-state index in [2.05, 4.69) is 22.3 Å². The lowest BCUT2D eigenvalue weighted by molar-refractivity contribution is 0.233. The van der Waals surface area contributed by atoms with Crippen molar-refractivity contribution in [3.05, 3.63) is 59.9 Å². The molecule has 1 aliphatic rings. The monoisotopic (exact) mass is 270 g/mol. The molecule has 1 N–H and O–H groups in total. The summed E-state index contributed by atoms with van der Waals surface area (Å²) in [4.78, 5) is 2.44. The van der Waals surface area contributed by atoms with Crippen LogP contribution in [0.5, 0.6) is 0 Å². The number of halogens is 1. The van der Waals surface area contributed by atoms with Gasteiger partial charge in [0.05, 0.1) is 0 Å². The Morgan fingerprint density at radius 1 is 0.950 bits per heavy atom. The van der Waals surface area contributed by atoms with E-state index in [4.69, 9.17) is 0 Å². The first kappa shape index (κ1) is 13.3. The maximum absolute atomic E-state index is 13.7. The van der Waals surface area contributed by atoms with E-state index in [9.17, 15) is 4.39 Å². The Bertz CT molecular complexity index is 559. The summed E-state index contributed by atoms with van der Waals surface area (Å²) in [5.74, 6) is -0.164. The largest absolute Gasteiger partial charge is 0.314 e. The fourth-order valence-electron chi connectivity index (χ4n) is 2.61. The molecule has 2 nitrogen and oxygen atoms in total. The first-order chi connectivity index (χ1) is 9.83. The number of rotatable bonds is 3. The minimum absolute atomic E-state index is 0.164. The van der Waals surface area contributed by atoms with Crippen molar-refractivity contribution < 1.29 is 4.39 Å². The van der Waals surface area contributed by atoms with Gasteiger partial charge in [0.15, 0.2) is 0 Å². The molecule has 1 saturated heterocycles. The van der Waals surface area contributed by atoms with E-state index in [1.54, 1.807) is 6.07 Å². The Balaban J connectivity index is 1.73. The lowest BCUT2D eigenvalue weighted by Crippen LogP contribution is -2.42. The number of nitrogens with zero attached hydrogens (tertiary/aromatic N) is 1. The SMILES string of the molecule is Fc1ccccc1-c1ccc(CN2CCNCC2)cc1. The van der Waals surface area contributed by atoms with Crippen molar-refractivity contribution in [1.29, 1.82) is 0 Å². The summed E-state index contributed by atoms with van der Waals surface area (Å²) in [6.45, 7) is 5.28. The third-order valence-corrected chi connectivity index (χ3v) is 3.75. The van der Waals surface area contributed by atoms with Gasteiger partial charge in [-0.3, -0.25) is 4.90 Å². The second-order valence-electron chi connectivity index (χ2n) is 5.20. The summed E-state index contributed by atoms with van der Waals surface area (Å²) >= 11 is 0. The Morgan fingerprint density at radius 3 is 2.35 bits per heavy atom. The molecule has 0 bridgehead atoms. The third kappa shape index (κ3) is 3.06. The van der Waals surface area contributed by atoms with E-state index in [1.807, 2.05) is 24.3 Å². The van der Waals surface area contributed by atoms with Gasteiger partial charge < -0.3 is 5.32 Å². The molecule has 0 amide bonds. The fraction of sp³-hybridized carbons (Fsp3) is 0.294. The summed E-state index contributed by atoms with van der Waals surface area (Å²) in [7, 11) is 0. The van der Waals surface area contributed by atoms with Crippen molar-refractivity contribution in [1.82, 2.24) is 10.2 Å². The molecule has 1 aliphatic heterocycles.